The van der Waals surface area contributed by atoms with E-state index in [-0.39, 0.29) is 5.91 Å². The van der Waals surface area contributed by atoms with Crippen molar-refractivity contribution in [3.8, 4) is 5.75 Å². The van der Waals surface area contributed by atoms with Crippen molar-refractivity contribution in [2.75, 3.05) is 25.1 Å². The Morgan fingerprint density at radius 2 is 2.00 bits per heavy atom. The van der Waals surface area contributed by atoms with Crippen molar-refractivity contribution in [2.45, 2.75) is 33.2 Å². The molecule has 1 aliphatic rings. The maximum absolute atomic E-state index is 12.6. The Bertz CT molecular complexity index is 804. The van der Waals surface area contributed by atoms with Crippen LogP contribution in [0.25, 0.3) is 0 Å². The van der Waals surface area contributed by atoms with Gasteiger partial charge in [0.05, 0.1) is 31.9 Å². The number of nitrogens with zero attached hydrogens (tertiary/aromatic N) is 2. The van der Waals surface area contributed by atoms with Crippen LogP contribution in [0.3, 0.4) is 0 Å². The molecule has 0 saturated carbocycles. The third-order valence-corrected chi connectivity index (χ3v) is 5.16. The van der Waals surface area contributed by atoms with Crippen molar-refractivity contribution in [1.82, 2.24) is 9.88 Å². The zero-order valence-electron chi connectivity index (χ0n) is 15.5. The molecule has 8 heteroatoms. The highest BCUT2D eigenvalue weighted by molar-refractivity contribution is 7.15. The number of thiazole rings is 1. The van der Waals surface area contributed by atoms with Crippen LogP contribution in [-0.2, 0) is 28.9 Å². The summed E-state index contributed by atoms with van der Waals surface area (Å²) in [6.07, 6.45) is 0.534. The van der Waals surface area contributed by atoms with Crippen LogP contribution in [0.2, 0.25) is 0 Å². The number of rotatable bonds is 6. The van der Waals surface area contributed by atoms with Gasteiger partial charge in [0.2, 0.25) is 5.91 Å². The van der Waals surface area contributed by atoms with E-state index in [0.29, 0.717) is 44.3 Å². The Kier molecular flexibility index (Phi) is 6.28. The number of ether oxygens (including phenoxy) is 2. The lowest BCUT2D eigenvalue weighted by atomic mass is 10.1. The third kappa shape index (κ3) is 4.97. The average molecular weight is 389 g/mol. The maximum Gasteiger partial charge on any atom is 0.413 e. The van der Waals surface area contributed by atoms with E-state index in [4.69, 9.17) is 9.47 Å². The molecule has 0 radical (unpaired) electrons. The molecule has 0 atom stereocenters. The van der Waals surface area contributed by atoms with Crippen LogP contribution in [-0.4, -0.2) is 41.6 Å². The van der Waals surface area contributed by atoms with Crippen LogP contribution in [0.1, 0.15) is 30.0 Å². The van der Waals surface area contributed by atoms with Crippen LogP contribution in [0.5, 0.6) is 5.75 Å². The number of nitrogens with one attached hydrogen (secondary N) is 1. The normalized spacial score (nSPS) is 13.0. The first-order valence-corrected chi connectivity index (χ1v) is 9.82. The molecule has 0 aliphatic carbocycles. The van der Waals surface area contributed by atoms with Crippen molar-refractivity contribution in [3.05, 3.63) is 40.4 Å². The van der Waals surface area contributed by atoms with Crippen molar-refractivity contribution >= 4 is 28.5 Å². The van der Waals surface area contributed by atoms with E-state index in [2.05, 4.69) is 10.3 Å². The summed E-state index contributed by atoms with van der Waals surface area (Å²) in [5.41, 5.74) is 1.90. The fourth-order valence-electron chi connectivity index (χ4n) is 2.87. The van der Waals surface area contributed by atoms with E-state index < -0.39 is 6.09 Å². The number of hydrogen-bond donors (Lipinski definition) is 1. The van der Waals surface area contributed by atoms with Gasteiger partial charge in [-0.25, -0.2) is 9.78 Å². The highest BCUT2D eigenvalue weighted by Gasteiger charge is 2.24. The number of hydrogen-bond acceptors (Lipinski definition) is 6. The third-order valence-electron chi connectivity index (χ3n) is 4.16. The molecule has 27 heavy (non-hydrogen) atoms. The second kappa shape index (κ2) is 8.85. The van der Waals surface area contributed by atoms with Gasteiger partial charge in [-0.2, -0.15) is 0 Å². The molecule has 0 spiro atoms. The lowest BCUT2D eigenvalue weighted by Crippen LogP contribution is -2.36. The van der Waals surface area contributed by atoms with E-state index in [1.54, 1.807) is 6.92 Å². The molecule has 0 fully saturated rings. The largest absolute Gasteiger partial charge is 0.494 e. The molecular formula is C19H23N3O4S. The minimum absolute atomic E-state index is 0.0816. The number of anilines is 1. The molecule has 0 bridgehead atoms. The lowest BCUT2D eigenvalue weighted by Gasteiger charge is -2.26. The monoisotopic (exact) mass is 389 g/mol. The minimum atomic E-state index is -0.507. The molecule has 7 nitrogen and oxygen atoms in total. The second-order valence-electron chi connectivity index (χ2n) is 6.05. The SMILES string of the molecule is CCOC(=O)Nc1nc2c(s1)CN(C(=O)Cc1ccc(OCC)cc1)CC2. The van der Waals surface area contributed by atoms with Gasteiger partial charge in [-0.05, 0) is 31.5 Å². The minimum Gasteiger partial charge on any atom is -0.494 e. The topological polar surface area (TPSA) is 80.8 Å². The summed E-state index contributed by atoms with van der Waals surface area (Å²) < 4.78 is 10.3. The summed E-state index contributed by atoms with van der Waals surface area (Å²) in [6.45, 7) is 5.77. The van der Waals surface area contributed by atoms with E-state index >= 15 is 0 Å². The Morgan fingerprint density at radius 1 is 1.22 bits per heavy atom. The van der Waals surface area contributed by atoms with Crippen LogP contribution in [0.4, 0.5) is 9.93 Å². The number of amides is 2. The predicted octanol–water partition coefficient (Wildman–Crippen LogP) is 3.24. The van der Waals surface area contributed by atoms with Crippen molar-refractivity contribution in [2.24, 2.45) is 0 Å². The molecule has 0 saturated heterocycles. The lowest BCUT2D eigenvalue weighted by molar-refractivity contribution is -0.131. The second-order valence-corrected chi connectivity index (χ2v) is 7.14. The van der Waals surface area contributed by atoms with Crippen LogP contribution in [0, 0.1) is 0 Å². The predicted molar refractivity (Wildman–Crippen MR) is 103 cm³/mol. The molecule has 1 N–H and O–H groups in total. The van der Waals surface area contributed by atoms with Gasteiger partial charge < -0.3 is 14.4 Å². The van der Waals surface area contributed by atoms with Gasteiger partial charge in [-0.1, -0.05) is 23.5 Å². The van der Waals surface area contributed by atoms with E-state index in [0.717, 1.165) is 21.9 Å². The van der Waals surface area contributed by atoms with Gasteiger partial charge in [-0.3, -0.25) is 10.1 Å². The van der Waals surface area contributed by atoms with Crippen molar-refractivity contribution in [3.63, 3.8) is 0 Å². The number of carbonyl (C=O) groups is 2. The molecule has 0 unspecified atom stereocenters. The van der Waals surface area contributed by atoms with Crippen LogP contribution >= 0.6 is 11.3 Å². The summed E-state index contributed by atoms with van der Waals surface area (Å²) in [6, 6.07) is 7.62. The summed E-state index contributed by atoms with van der Waals surface area (Å²) in [4.78, 5) is 31.5. The molecule has 2 amide bonds. The van der Waals surface area contributed by atoms with Gasteiger partial charge in [0.1, 0.15) is 5.75 Å². The van der Waals surface area contributed by atoms with Crippen molar-refractivity contribution < 1.29 is 19.1 Å². The van der Waals surface area contributed by atoms with Crippen LogP contribution in [0.15, 0.2) is 24.3 Å². The van der Waals surface area contributed by atoms with Gasteiger partial charge >= 0.3 is 6.09 Å². The molecule has 2 heterocycles. The quantitative estimate of drug-likeness (QED) is 0.820. The summed E-state index contributed by atoms with van der Waals surface area (Å²) in [7, 11) is 0. The fraction of sp³-hybridized carbons (Fsp3) is 0.421. The number of aromatic nitrogens is 1. The Balaban J connectivity index is 1.59. The summed E-state index contributed by atoms with van der Waals surface area (Å²) in [5, 5.41) is 3.14. The molecule has 3 rings (SSSR count). The van der Waals surface area contributed by atoms with E-state index in [1.165, 1.54) is 11.3 Å². The van der Waals surface area contributed by atoms with E-state index in [9.17, 15) is 9.59 Å². The smallest absolute Gasteiger partial charge is 0.413 e. The first-order chi connectivity index (χ1) is 13.1. The molecule has 1 aliphatic heterocycles. The van der Waals surface area contributed by atoms with Crippen LogP contribution < -0.4 is 10.1 Å². The van der Waals surface area contributed by atoms with Gasteiger partial charge in [0, 0.05) is 17.8 Å². The Labute approximate surface area is 162 Å². The highest BCUT2D eigenvalue weighted by atomic mass is 32.1. The molecule has 2 aromatic rings. The number of benzene rings is 1. The molecule has 1 aromatic carbocycles. The summed E-state index contributed by atoms with van der Waals surface area (Å²) in [5.74, 6) is 0.890. The standard InChI is InChI=1S/C19H23N3O4S/c1-3-25-14-7-5-13(6-8-14)11-17(23)22-10-9-15-16(12-22)27-18(20-15)21-19(24)26-4-2/h5-8H,3-4,9-12H2,1-2H3,(H,20,21,24). The summed E-state index contributed by atoms with van der Waals surface area (Å²) >= 11 is 1.39. The number of carbonyl (C=O) groups excluding carboxylic acids is 2. The molecule has 1 aromatic heterocycles. The zero-order chi connectivity index (χ0) is 19.2. The fourth-order valence-corrected chi connectivity index (χ4v) is 3.88. The number of fused-ring (bicyclic) bond motifs is 1. The van der Waals surface area contributed by atoms with Crippen molar-refractivity contribution in [1.29, 1.82) is 0 Å². The van der Waals surface area contributed by atoms with Gasteiger partial charge in [-0.15, -0.1) is 0 Å². The molecule has 144 valence electrons. The highest BCUT2D eigenvalue weighted by Crippen LogP contribution is 2.28. The average Bonchev–Trinajstić information content (AvgIpc) is 3.05. The first-order valence-electron chi connectivity index (χ1n) is 9.01. The van der Waals surface area contributed by atoms with Gasteiger partial charge in [0.15, 0.2) is 5.13 Å². The first kappa shape index (κ1) is 19.2. The Hall–Kier alpha value is -2.61. The Morgan fingerprint density at radius 3 is 2.70 bits per heavy atom. The van der Waals surface area contributed by atoms with E-state index in [1.807, 2.05) is 36.1 Å². The maximum atomic E-state index is 12.6. The molecular weight excluding hydrogens is 366 g/mol. The van der Waals surface area contributed by atoms with Gasteiger partial charge in [0.25, 0.3) is 0 Å². The zero-order valence-corrected chi connectivity index (χ0v) is 16.3.